The number of ether oxygens (including phenoxy) is 1. The van der Waals surface area contributed by atoms with Gasteiger partial charge in [-0.1, -0.05) is 0 Å². The zero-order valence-corrected chi connectivity index (χ0v) is 14.7. The molecule has 5 heteroatoms. The smallest absolute Gasteiger partial charge is 0.203 e. The van der Waals surface area contributed by atoms with E-state index in [0.717, 1.165) is 30.7 Å². The summed E-state index contributed by atoms with van der Waals surface area (Å²) in [6.45, 7) is 3.86. The van der Waals surface area contributed by atoms with E-state index in [0.29, 0.717) is 4.88 Å². The highest BCUT2D eigenvalue weighted by molar-refractivity contribution is 9.13. The average Bonchev–Trinajstić information content (AvgIpc) is 2.71. The van der Waals surface area contributed by atoms with Crippen LogP contribution in [-0.2, 0) is 0 Å². The summed E-state index contributed by atoms with van der Waals surface area (Å²) in [5.41, 5.74) is 2.61. The van der Waals surface area contributed by atoms with Crippen LogP contribution >= 0.6 is 43.2 Å². The minimum atomic E-state index is 0.0413. The van der Waals surface area contributed by atoms with E-state index in [2.05, 4.69) is 31.9 Å². The third-order valence-electron chi connectivity index (χ3n) is 2.86. The second-order valence-corrected chi connectivity index (χ2v) is 7.42. The molecule has 0 saturated carbocycles. The van der Waals surface area contributed by atoms with Crippen molar-refractivity contribution in [3.63, 3.8) is 0 Å². The van der Waals surface area contributed by atoms with Gasteiger partial charge in [0.05, 0.1) is 15.8 Å². The summed E-state index contributed by atoms with van der Waals surface area (Å²) in [6, 6.07) is 5.63. The second kappa shape index (κ2) is 5.77. The summed E-state index contributed by atoms with van der Waals surface area (Å²) in [6.07, 6.45) is 0. The molecule has 0 amide bonds. The molecule has 1 aromatic carbocycles. The van der Waals surface area contributed by atoms with E-state index in [9.17, 15) is 4.79 Å². The van der Waals surface area contributed by atoms with Crippen LogP contribution in [0.1, 0.15) is 26.4 Å². The lowest BCUT2D eigenvalue weighted by Crippen LogP contribution is -2.03. The van der Waals surface area contributed by atoms with Crippen LogP contribution in [0.2, 0.25) is 0 Å². The molecule has 2 rings (SSSR count). The highest BCUT2D eigenvalue weighted by atomic mass is 79.9. The average molecular weight is 404 g/mol. The topological polar surface area (TPSA) is 26.3 Å². The van der Waals surface area contributed by atoms with Gasteiger partial charge in [0.1, 0.15) is 5.75 Å². The fourth-order valence-corrected chi connectivity index (χ4v) is 3.84. The summed E-state index contributed by atoms with van der Waals surface area (Å²) in [4.78, 5) is 13.2. The lowest BCUT2D eigenvalue weighted by Gasteiger charge is -2.09. The quantitative estimate of drug-likeness (QED) is 0.664. The van der Waals surface area contributed by atoms with E-state index in [1.165, 1.54) is 11.3 Å². The first-order valence-corrected chi connectivity index (χ1v) is 7.99. The molecule has 0 aliphatic carbocycles. The third kappa shape index (κ3) is 2.93. The van der Waals surface area contributed by atoms with Crippen molar-refractivity contribution in [2.24, 2.45) is 0 Å². The molecule has 0 spiro atoms. The number of rotatable bonds is 3. The Morgan fingerprint density at radius 3 is 2.37 bits per heavy atom. The van der Waals surface area contributed by atoms with Gasteiger partial charge < -0.3 is 4.74 Å². The highest BCUT2D eigenvalue weighted by Crippen LogP contribution is 2.34. The first kappa shape index (κ1) is 14.8. The Balaban J connectivity index is 2.47. The summed E-state index contributed by atoms with van der Waals surface area (Å²) >= 11 is 8.25. The van der Waals surface area contributed by atoms with Crippen LogP contribution in [0.15, 0.2) is 26.5 Å². The minimum absolute atomic E-state index is 0.0413. The Bertz CT molecular complexity index is 628. The van der Waals surface area contributed by atoms with Gasteiger partial charge in [0.15, 0.2) is 0 Å². The molecule has 0 bridgehead atoms. The SMILES string of the molecule is COc1cc(C)c(C(=O)c2cc(Br)c(Br)s2)cc1C. The Morgan fingerprint density at radius 1 is 1.16 bits per heavy atom. The molecule has 1 aromatic heterocycles. The van der Waals surface area contributed by atoms with Gasteiger partial charge in [0, 0.05) is 10.0 Å². The van der Waals surface area contributed by atoms with Crippen molar-refractivity contribution in [3.05, 3.63) is 48.0 Å². The summed E-state index contributed by atoms with van der Waals surface area (Å²) in [5, 5.41) is 0. The van der Waals surface area contributed by atoms with Crippen LogP contribution < -0.4 is 4.74 Å². The van der Waals surface area contributed by atoms with Crippen molar-refractivity contribution in [2.45, 2.75) is 13.8 Å². The predicted octanol–water partition coefficient (Wildman–Crippen LogP) is 5.13. The second-order valence-electron chi connectivity index (χ2n) is 4.20. The molecular formula is C14H12Br2O2S. The maximum Gasteiger partial charge on any atom is 0.203 e. The van der Waals surface area contributed by atoms with Gasteiger partial charge in [-0.25, -0.2) is 0 Å². The molecule has 0 unspecified atom stereocenters. The van der Waals surface area contributed by atoms with E-state index in [4.69, 9.17) is 4.74 Å². The van der Waals surface area contributed by atoms with Crippen molar-refractivity contribution in [1.82, 2.24) is 0 Å². The first-order valence-electron chi connectivity index (χ1n) is 5.58. The Hall–Kier alpha value is -0.650. The van der Waals surface area contributed by atoms with Gasteiger partial charge >= 0.3 is 0 Å². The molecule has 0 atom stereocenters. The van der Waals surface area contributed by atoms with Crippen molar-refractivity contribution in [3.8, 4) is 5.75 Å². The van der Waals surface area contributed by atoms with Crippen molar-refractivity contribution in [2.75, 3.05) is 7.11 Å². The van der Waals surface area contributed by atoms with E-state index >= 15 is 0 Å². The fourth-order valence-electron chi connectivity index (χ4n) is 1.85. The molecular weight excluding hydrogens is 392 g/mol. The van der Waals surface area contributed by atoms with Crippen LogP contribution in [-0.4, -0.2) is 12.9 Å². The van der Waals surface area contributed by atoms with Gasteiger partial charge in [-0.05, 0) is 75.0 Å². The summed E-state index contributed by atoms with van der Waals surface area (Å²) in [5.74, 6) is 0.849. The van der Waals surface area contributed by atoms with Gasteiger partial charge in [0.2, 0.25) is 5.78 Å². The zero-order chi connectivity index (χ0) is 14.2. The Kier molecular flexibility index (Phi) is 4.48. The number of benzene rings is 1. The maximum absolute atomic E-state index is 12.5. The molecule has 0 N–H and O–H groups in total. The van der Waals surface area contributed by atoms with Crippen LogP contribution in [0.25, 0.3) is 0 Å². The van der Waals surface area contributed by atoms with E-state index in [1.807, 2.05) is 32.0 Å². The molecule has 0 fully saturated rings. The number of methoxy groups -OCH3 is 1. The monoisotopic (exact) mass is 402 g/mol. The Labute approximate surface area is 133 Å². The maximum atomic E-state index is 12.5. The molecule has 0 radical (unpaired) electrons. The molecule has 100 valence electrons. The van der Waals surface area contributed by atoms with Gasteiger partial charge in [0.25, 0.3) is 0 Å². The molecule has 2 aromatic rings. The van der Waals surface area contributed by atoms with Crippen LogP contribution in [0.3, 0.4) is 0 Å². The molecule has 0 saturated heterocycles. The Morgan fingerprint density at radius 2 is 1.84 bits per heavy atom. The van der Waals surface area contributed by atoms with Crippen molar-refractivity contribution >= 4 is 49.0 Å². The molecule has 0 aliphatic heterocycles. The van der Waals surface area contributed by atoms with Crippen LogP contribution in [0.4, 0.5) is 0 Å². The first-order chi connectivity index (χ1) is 8.93. The number of ketones is 1. The lowest BCUT2D eigenvalue weighted by molar-refractivity contribution is 0.104. The number of aryl methyl sites for hydroxylation is 2. The highest BCUT2D eigenvalue weighted by Gasteiger charge is 2.17. The molecule has 2 nitrogen and oxygen atoms in total. The number of hydrogen-bond acceptors (Lipinski definition) is 3. The van der Waals surface area contributed by atoms with Crippen molar-refractivity contribution < 1.29 is 9.53 Å². The van der Waals surface area contributed by atoms with E-state index in [-0.39, 0.29) is 5.78 Å². The summed E-state index contributed by atoms with van der Waals surface area (Å²) in [7, 11) is 1.64. The number of halogens is 2. The number of carbonyl (C=O) groups is 1. The zero-order valence-electron chi connectivity index (χ0n) is 10.7. The molecule has 19 heavy (non-hydrogen) atoms. The van der Waals surface area contributed by atoms with Gasteiger partial charge in [-0.3, -0.25) is 4.79 Å². The normalized spacial score (nSPS) is 10.6. The number of hydrogen-bond donors (Lipinski definition) is 0. The number of thiophene rings is 1. The third-order valence-corrected chi connectivity index (χ3v) is 6.11. The molecule has 1 heterocycles. The standard InChI is InChI=1S/C14H12Br2O2S/c1-7-5-11(18-3)8(2)4-9(7)13(17)12-6-10(15)14(16)19-12/h4-6H,1-3H3. The predicted molar refractivity (Wildman–Crippen MR) is 85.6 cm³/mol. The fraction of sp³-hybridized carbons (Fsp3) is 0.214. The number of carbonyl (C=O) groups excluding carboxylic acids is 1. The lowest BCUT2D eigenvalue weighted by atomic mass is 10.0. The largest absolute Gasteiger partial charge is 0.496 e. The van der Waals surface area contributed by atoms with E-state index < -0.39 is 0 Å². The van der Waals surface area contributed by atoms with Crippen LogP contribution in [0, 0.1) is 13.8 Å². The minimum Gasteiger partial charge on any atom is -0.496 e. The molecule has 0 aliphatic rings. The van der Waals surface area contributed by atoms with E-state index in [1.54, 1.807) is 7.11 Å². The summed E-state index contributed by atoms with van der Waals surface area (Å²) < 4.78 is 7.10. The van der Waals surface area contributed by atoms with Crippen LogP contribution in [0.5, 0.6) is 5.75 Å². The van der Waals surface area contributed by atoms with Crippen molar-refractivity contribution in [1.29, 1.82) is 0 Å². The van der Waals surface area contributed by atoms with Gasteiger partial charge in [-0.15, -0.1) is 11.3 Å². The van der Waals surface area contributed by atoms with Gasteiger partial charge in [-0.2, -0.15) is 0 Å².